The Bertz CT molecular complexity index is 519. The van der Waals surface area contributed by atoms with Gasteiger partial charge in [0.2, 0.25) is 5.88 Å². The quantitative estimate of drug-likeness (QED) is 0.881. The molecule has 0 bridgehead atoms. The van der Waals surface area contributed by atoms with Crippen LogP contribution < -0.4 is 10.1 Å². The molecule has 0 aliphatic carbocycles. The fraction of sp³-hybridized carbons (Fsp3) is 0.231. The Morgan fingerprint density at radius 3 is 2.89 bits per heavy atom. The minimum atomic E-state index is -0.425. The highest BCUT2D eigenvalue weighted by Crippen LogP contribution is 2.22. The molecule has 4 nitrogen and oxygen atoms in total. The summed E-state index contributed by atoms with van der Waals surface area (Å²) >= 11 is 0. The van der Waals surface area contributed by atoms with Gasteiger partial charge in [0.25, 0.3) is 0 Å². The van der Waals surface area contributed by atoms with Crippen LogP contribution in [0.3, 0.4) is 0 Å². The van der Waals surface area contributed by atoms with Gasteiger partial charge in [0.05, 0.1) is 12.4 Å². The number of halogens is 1. The molecule has 1 N–H and O–H groups in total. The van der Waals surface area contributed by atoms with Gasteiger partial charge in [0, 0.05) is 6.54 Å². The molecule has 2 rings (SSSR count). The monoisotopic (exact) mass is 247 g/mol. The van der Waals surface area contributed by atoms with Gasteiger partial charge in [-0.2, -0.15) is 4.98 Å². The molecule has 0 saturated carbocycles. The van der Waals surface area contributed by atoms with Gasteiger partial charge < -0.3 is 10.1 Å². The topological polar surface area (TPSA) is 47.0 Å². The minimum Gasteiger partial charge on any atom is -0.434 e. The molecule has 0 fully saturated rings. The van der Waals surface area contributed by atoms with Crippen molar-refractivity contribution in [3.05, 3.63) is 42.5 Å². The van der Waals surface area contributed by atoms with Crippen LogP contribution in [0.25, 0.3) is 0 Å². The molecule has 0 aliphatic heterocycles. The summed E-state index contributed by atoms with van der Waals surface area (Å²) in [6.45, 7) is 2.86. The van der Waals surface area contributed by atoms with Gasteiger partial charge in [-0.15, -0.1) is 0 Å². The largest absolute Gasteiger partial charge is 0.434 e. The number of nitrogens with one attached hydrogen (secondary N) is 1. The lowest BCUT2D eigenvalue weighted by atomic mass is 10.3. The number of rotatable bonds is 5. The molecule has 0 aliphatic rings. The average Bonchev–Trinajstić information content (AvgIpc) is 2.40. The second-order valence-electron chi connectivity index (χ2n) is 3.70. The standard InChI is InChI=1S/C13H14FN3O/c1-2-7-16-12-8-15-9-13(17-12)18-11-6-4-3-5-10(11)14/h3-6,8-9H,2,7H2,1H3,(H,16,17). The summed E-state index contributed by atoms with van der Waals surface area (Å²) in [7, 11) is 0. The molecule has 2 aromatic rings. The second-order valence-corrected chi connectivity index (χ2v) is 3.70. The van der Waals surface area contributed by atoms with E-state index in [-0.39, 0.29) is 11.6 Å². The Kier molecular flexibility index (Phi) is 4.06. The molecular formula is C13H14FN3O. The number of nitrogens with zero attached hydrogens (tertiary/aromatic N) is 2. The van der Waals surface area contributed by atoms with Gasteiger partial charge in [0.15, 0.2) is 11.6 Å². The lowest BCUT2D eigenvalue weighted by molar-refractivity contribution is 0.426. The van der Waals surface area contributed by atoms with Crippen LogP contribution in [0.2, 0.25) is 0 Å². The van der Waals surface area contributed by atoms with Crippen molar-refractivity contribution in [1.82, 2.24) is 9.97 Å². The van der Waals surface area contributed by atoms with Crippen LogP contribution in [0.5, 0.6) is 11.6 Å². The highest BCUT2D eigenvalue weighted by molar-refractivity contribution is 5.35. The van der Waals surface area contributed by atoms with E-state index >= 15 is 0 Å². The van der Waals surface area contributed by atoms with Crippen LogP contribution in [-0.2, 0) is 0 Å². The number of aromatic nitrogens is 2. The maximum Gasteiger partial charge on any atom is 0.239 e. The van der Waals surface area contributed by atoms with Gasteiger partial charge in [-0.1, -0.05) is 19.1 Å². The first-order chi connectivity index (χ1) is 8.79. The van der Waals surface area contributed by atoms with E-state index in [1.54, 1.807) is 24.4 Å². The third-order valence-corrected chi connectivity index (χ3v) is 2.22. The Labute approximate surface area is 105 Å². The Morgan fingerprint density at radius 2 is 2.11 bits per heavy atom. The zero-order valence-corrected chi connectivity index (χ0v) is 10.1. The van der Waals surface area contributed by atoms with Crippen molar-refractivity contribution in [2.45, 2.75) is 13.3 Å². The third kappa shape index (κ3) is 3.16. The summed E-state index contributed by atoms with van der Waals surface area (Å²) in [5, 5.41) is 3.09. The number of anilines is 1. The number of benzene rings is 1. The van der Waals surface area contributed by atoms with Gasteiger partial charge >= 0.3 is 0 Å². The van der Waals surface area contributed by atoms with Crippen LogP contribution in [-0.4, -0.2) is 16.5 Å². The van der Waals surface area contributed by atoms with Gasteiger partial charge in [-0.3, -0.25) is 4.98 Å². The van der Waals surface area contributed by atoms with Crippen molar-refractivity contribution in [2.75, 3.05) is 11.9 Å². The van der Waals surface area contributed by atoms with Crippen LogP contribution in [0.1, 0.15) is 13.3 Å². The minimum absolute atomic E-state index is 0.138. The number of ether oxygens (including phenoxy) is 1. The molecule has 0 amide bonds. The van der Waals surface area contributed by atoms with E-state index in [0.29, 0.717) is 5.82 Å². The molecule has 94 valence electrons. The predicted octanol–water partition coefficient (Wildman–Crippen LogP) is 3.23. The van der Waals surface area contributed by atoms with Gasteiger partial charge in [0.1, 0.15) is 5.82 Å². The van der Waals surface area contributed by atoms with Crippen molar-refractivity contribution in [3.63, 3.8) is 0 Å². The van der Waals surface area contributed by atoms with Crippen LogP contribution >= 0.6 is 0 Å². The Hall–Kier alpha value is -2.17. The summed E-state index contributed by atoms with van der Waals surface area (Å²) in [6, 6.07) is 6.18. The molecule has 0 atom stereocenters. The normalized spacial score (nSPS) is 10.1. The molecule has 0 unspecified atom stereocenters. The highest BCUT2D eigenvalue weighted by Gasteiger charge is 2.05. The molecule has 18 heavy (non-hydrogen) atoms. The zero-order chi connectivity index (χ0) is 12.8. The fourth-order valence-corrected chi connectivity index (χ4v) is 1.38. The molecule has 1 aromatic carbocycles. The maximum absolute atomic E-state index is 13.4. The van der Waals surface area contributed by atoms with Gasteiger partial charge in [-0.05, 0) is 18.6 Å². The van der Waals surface area contributed by atoms with Crippen molar-refractivity contribution >= 4 is 5.82 Å². The zero-order valence-electron chi connectivity index (χ0n) is 10.1. The van der Waals surface area contributed by atoms with E-state index in [4.69, 9.17) is 4.74 Å². The van der Waals surface area contributed by atoms with E-state index in [9.17, 15) is 4.39 Å². The molecule has 1 heterocycles. The van der Waals surface area contributed by atoms with Crippen LogP contribution in [0.15, 0.2) is 36.7 Å². The summed E-state index contributed by atoms with van der Waals surface area (Å²) in [5.41, 5.74) is 0. The van der Waals surface area contributed by atoms with E-state index in [0.717, 1.165) is 13.0 Å². The smallest absolute Gasteiger partial charge is 0.239 e. The van der Waals surface area contributed by atoms with Gasteiger partial charge in [-0.25, -0.2) is 4.39 Å². The molecule has 0 spiro atoms. The lowest BCUT2D eigenvalue weighted by Crippen LogP contribution is -2.03. The summed E-state index contributed by atoms with van der Waals surface area (Å²) in [4.78, 5) is 8.18. The van der Waals surface area contributed by atoms with Crippen molar-refractivity contribution in [3.8, 4) is 11.6 Å². The Morgan fingerprint density at radius 1 is 1.28 bits per heavy atom. The Balaban J connectivity index is 2.12. The van der Waals surface area contributed by atoms with Crippen LogP contribution in [0, 0.1) is 5.82 Å². The summed E-state index contributed by atoms with van der Waals surface area (Å²) in [6.07, 6.45) is 4.04. The summed E-state index contributed by atoms with van der Waals surface area (Å²) < 4.78 is 18.7. The molecule has 5 heteroatoms. The number of para-hydroxylation sites is 1. The fourth-order valence-electron chi connectivity index (χ4n) is 1.38. The van der Waals surface area contributed by atoms with Crippen molar-refractivity contribution in [2.24, 2.45) is 0 Å². The van der Waals surface area contributed by atoms with E-state index in [1.807, 2.05) is 0 Å². The van der Waals surface area contributed by atoms with E-state index < -0.39 is 5.82 Å². The van der Waals surface area contributed by atoms with Crippen LogP contribution in [0.4, 0.5) is 10.2 Å². The molecule has 0 radical (unpaired) electrons. The predicted molar refractivity (Wildman–Crippen MR) is 67.3 cm³/mol. The first kappa shape index (κ1) is 12.3. The average molecular weight is 247 g/mol. The SMILES string of the molecule is CCCNc1cncc(Oc2ccccc2F)n1. The molecule has 0 saturated heterocycles. The van der Waals surface area contributed by atoms with E-state index in [1.165, 1.54) is 12.3 Å². The van der Waals surface area contributed by atoms with Crippen molar-refractivity contribution in [1.29, 1.82) is 0 Å². The highest BCUT2D eigenvalue weighted by atomic mass is 19.1. The first-order valence-electron chi connectivity index (χ1n) is 5.78. The number of hydrogen-bond acceptors (Lipinski definition) is 4. The first-order valence-corrected chi connectivity index (χ1v) is 5.78. The third-order valence-electron chi connectivity index (χ3n) is 2.22. The van der Waals surface area contributed by atoms with E-state index in [2.05, 4.69) is 22.2 Å². The summed E-state index contributed by atoms with van der Waals surface area (Å²) in [5.74, 6) is 0.595. The molecule has 1 aromatic heterocycles. The maximum atomic E-state index is 13.4. The lowest BCUT2D eigenvalue weighted by Gasteiger charge is -2.07. The number of hydrogen-bond donors (Lipinski definition) is 1. The van der Waals surface area contributed by atoms with Crippen molar-refractivity contribution < 1.29 is 9.13 Å². The second kappa shape index (κ2) is 5.95. The molecular weight excluding hydrogens is 233 g/mol.